The quantitative estimate of drug-likeness (QED) is 0.688. The molecule has 0 unspecified atom stereocenters. The van der Waals surface area contributed by atoms with Crippen LogP contribution in [0.4, 0.5) is 11.9 Å². The molecule has 7 nitrogen and oxygen atoms in total. The minimum atomic E-state index is 0.0555. The van der Waals surface area contributed by atoms with Crippen molar-refractivity contribution >= 4 is 46.5 Å². The molecule has 0 bridgehead atoms. The molecule has 9 heteroatoms. The first-order valence-corrected chi connectivity index (χ1v) is 8.74. The normalized spacial score (nSPS) is 11.2. The van der Waals surface area contributed by atoms with Crippen LogP contribution in [0.3, 0.4) is 0 Å². The SMILES string of the molecule is CN(C)c1nc(N)nc(C(C#N)=Cc2csc(-c3ccc(Cl)cc3)n2)n1. The molecule has 2 N–H and O–H groups in total. The van der Waals surface area contributed by atoms with Gasteiger partial charge in [0.1, 0.15) is 11.1 Å². The summed E-state index contributed by atoms with van der Waals surface area (Å²) in [5, 5.41) is 12.9. The van der Waals surface area contributed by atoms with E-state index in [1.54, 1.807) is 25.1 Å². The van der Waals surface area contributed by atoms with Gasteiger partial charge in [-0.25, -0.2) is 4.98 Å². The van der Waals surface area contributed by atoms with Crippen molar-refractivity contribution in [1.82, 2.24) is 19.9 Å². The molecule has 0 radical (unpaired) electrons. The van der Waals surface area contributed by atoms with Crippen molar-refractivity contribution < 1.29 is 0 Å². The molecule has 0 aliphatic heterocycles. The highest BCUT2D eigenvalue weighted by Crippen LogP contribution is 2.26. The Hall–Kier alpha value is -3.02. The summed E-state index contributed by atoms with van der Waals surface area (Å²) in [6.45, 7) is 0. The first-order valence-electron chi connectivity index (χ1n) is 7.49. The number of rotatable bonds is 4. The predicted molar refractivity (Wildman–Crippen MR) is 105 cm³/mol. The number of aromatic nitrogens is 4. The van der Waals surface area contributed by atoms with E-state index in [-0.39, 0.29) is 17.3 Å². The van der Waals surface area contributed by atoms with Gasteiger partial charge in [0.25, 0.3) is 0 Å². The third-order valence-electron chi connectivity index (χ3n) is 3.31. The number of nitrogens with two attached hydrogens (primary N) is 1. The van der Waals surface area contributed by atoms with E-state index in [2.05, 4.69) is 26.0 Å². The Balaban J connectivity index is 1.96. The smallest absolute Gasteiger partial charge is 0.230 e. The van der Waals surface area contributed by atoms with Crippen LogP contribution in [0.25, 0.3) is 22.2 Å². The van der Waals surface area contributed by atoms with E-state index in [4.69, 9.17) is 17.3 Å². The fraction of sp³-hybridized carbons (Fsp3) is 0.118. The highest BCUT2D eigenvalue weighted by Gasteiger charge is 2.12. The molecule has 0 saturated heterocycles. The second-order valence-corrected chi connectivity index (χ2v) is 6.76. The largest absolute Gasteiger partial charge is 0.368 e. The van der Waals surface area contributed by atoms with E-state index in [0.29, 0.717) is 16.7 Å². The van der Waals surface area contributed by atoms with Gasteiger partial charge in [-0.15, -0.1) is 11.3 Å². The van der Waals surface area contributed by atoms with Gasteiger partial charge in [-0.1, -0.05) is 23.7 Å². The van der Waals surface area contributed by atoms with E-state index in [1.807, 2.05) is 29.6 Å². The number of nitrogen functional groups attached to an aromatic ring is 1. The summed E-state index contributed by atoms with van der Waals surface area (Å²) >= 11 is 7.39. The van der Waals surface area contributed by atoms with E-state index >= 15 is 0 Å². The van der Waals surface area contributed by atoms with E-state index in [9.17, 15) is 5.26 Å². The van der Waals surface area contributed by atoms with Crippen molar-refractivity contribution in [2.75, 3.05) is 24.7 Å². The number of benzene rings is 1. The summed E-state index contributed by atoms with van der Waals surface area (Å²) in [7, 11) is 3.57. The van der Waals surface area contributed by atoms with Gasteiger partial charge in [-0.05, 0) is 18.2 Å². The molecule has 3 aromatic rings. The lowest BCUT2D eigenvalue weighted by atomic mass is 10.2. The molecule has 0 aliphatic rings. The number of nitrogens with zero attached hydrogens (tertiary/aromatic N) is 6. The summed E-state index contributed by atoms with van der Waals surface area (Å²) in [6.07, 6.45) is 1.63. The van der Waals surface area contributed by atoms with Gasteiger partial charge in [-0.3, -0.25) is 0 Å². The molecule has 26 heavy (non-hydrogen) atoms. The van der Waals surface area contributed by atoms with Gasteiger partial charge in [0.05, 0.1) is 11.3 Å². The monoisotopic (exact) mass is 383 g/mol. The lowest BCUT2D eigenvalue weighted by molar-refractivity contribution is 0.952. The zero-order chi connectivity index (χ0) is 18.7. The fourth-order valence-corrected chi connectivity index (χ4v) is 2.98. The molecule has 3 rings (SSSR count). The Morgan fingerprint density at radius 3 is 2.58 bits per heavy atom. The summed E-state index contributed by atoms with van der Waals surface area (Å²) < 4.78 is 0. The van der Waals surface area contributed by atoms with Crippen LogP contribution in [-0.4, -0.2) is 34.0 Å². The van der Waals surface area contributed by atoms with Crippen LogP contribution in [0.2, 0.25) is 5.02 Å². The molecular weight excluding hydrogens is 370 g/mol. The molecule has 0 saturated carbocycles. The molecule has 0 atom stereocenters. The zero-order valence-electron chi connectivity index (χ0n) is 14.0. The average molecular weight is 384 g/mol. The number of hydrogen-bond donors (Lipinski definition) is 1. The Kier molecular flexibility index (Phi) is 5.11. The van der Waals surface area contributed by atoms with Gasteiger partial charge in [0.15, 0.2) is 5.82 Å². The lowest BCUT2D eigenvalue weighted by Gasteiger charge is -2.10. The highest BCUT2D eigenvalue weighted by atomic mass is 35.5. The van der Waals surface area contributed by atoms with Crippen LogP contribution >= 0.6 is 22.9 Å². The molecule has 0 fully saturated rings. The Morgan fingerprint density at radius 1 is 1.19 bits per heavy atom. The molecule has 130 valence electrons. The Bertz CT molecular complexity index is 1000. The summed E-state index contributed by atoms with van der Waals surface area (Å²) in [5.74, 6) is 0.651. The molecule has 0 spiro atoms. The first kappa shape index (κ1) is 17.8. The Morgan fingerprint density at radius 2 is 1.92 bits per heavy atom. The van der Waals surface area contributed by atoms with Crippen molar-refractivity contribution in [3.8, 4) is 16.6 Å². The van der Waals surface area contributed by atoms with Crippen LogP contribution in [0.5, 0.6) is 0 Å². The van der Waals surface area contributed by atoms with Gasteiger partial charge in [-0.2, -0.15) is 20.2 Å². The van der Waals surface area contributed by atoms with E-state index < -0.39 is 0 Å². The van der Waals surface area contributed by atoms with Gasteiger partial charge >= 0.3 is 0 Å². The van der Waals surface area contributed by atoms with Crippen LogP contribution in [0.1, 0.15) is 11.5 Å². The van der Waals surface area contributed by atoms with Crippen LogP contribution < -0.4 is 10.6 Å². The number of hydrogen-bond acceptors (Lipinski definition) is 8. The summed E-state index contributed by atoms with van der Waals surface area (Å²) in [5.41, 5.74) is 7.58. The number of allylic oxidation sites excluding steroid dienone is 1. The summed E-state index contributed by atoms with van der Waals surface area (Å²) in [4.78, 5) is 18.6. The Labute approximate surface area is 159 Å². The van der Waals surface area contributed by atoms with Gasteiger partial charge < -0.3 is 10.6 Å². The molecule has 0 aliphatic carbocycles. The van der Waals surface area contributed by atoms with Crippen LogP contribution in [0, 0.1) is 11.3 Å². The van der Waals surface area contributed by atoms with Crippen LogP contribution in [-0.2, 0) is 0 Å². The maximum Gasteiger partial charge on any atom is 0.230 e. The standard InChI is InChI=1S/C17H14ClN7S/c1-25(2)17-23-14(22-16(20)24-17)11(8-19)7-13-9-26-15(21-13)10-3-5-12(18)6-4-10/h3-7,9H,1-2H3,(H2,20,22,23,24). The highest BCUT2D eigenvalue weighted by molar-refractivity contribution is 7.13. The second-order valence-electron chi connectivity index (χ2n) is 5.47. The lowest BCUT2D eigenvalue weighted by Crippen LogP contribution is -2.15. The minimum absolute atomic E-state index is 0.0555. The summed E-state index contributed by atoms with van der Waals surface area (Å²) in [6, 6.07) is 9.52. The molecule has 1 aromatic carbocycles. The topological polar surface area (TPSA) is 105 Å². The average Bonchev–Trinajstić information content (AvgIpc) is 3.08. The number of nitriles is 1. The second kappa shape index (κ2) is 7.47. The van der Waals surface area contributed by atoms with E-state index in [1.165, 1.54) is 11.3 Å². The molecular formula is C17H14ClN7S. The van der Waals surface area contributed by atoms with Crippen molar-refractivity contribution in [1.29, 1.82) is 5.26 Å². The number of anilines is 2. The third kappa shape index (κ3) is 3.96. The fourth-order valence-electron chi connectivity index (χ4n) is 2.07. The van der Waals surface area contributed by atoms with Crippen molar-refractivity contribution in [2.24, 2.45) is 0 Å². The van der Waals surface area contributed by atoms with Crippen molar-refractivity contribution in [3.63, 3.8) is 0 Å². The molecule has 0 amide bonds. The zero-order valence-corrected chi connectivity index (χ0v) is 15.6. The van der Waals surface area contributed by atoms with Crippen LogP contribution in [0.15, 0.2) is 29.6 Å². The molecule has 2 heterocycles. The number of thiazole rings is 1. The third-order valence-corrected chi connectivity index (χ3v) is 4.47. The first-order chi connectivity index (χ1) is 12.5. The van der Waals surface area contributed by atoms with Gasteiger partial charge in [0.2, 0.25) is 11.9 Å². The minimum Gasteiger partial charge on any atom is -0.368 e. The van der Waals surface area contributed by atoms with Gasteiger partial charge in [0, 0.05) is 30.1 Å². The van der Waals surface area contributed by atoms with Crippen molar-refractivity contribution in [2.45, 2.75) is 0 Å². The molecule has 2 aromatic heterocycles. The number of halogens is 1. The predicted octanol–water partition coefficient (Wildman–Crippen LogP) is 3.36. The van der Waals surface area contributed by atoms with E-state index in [0.717, 1.165) is 10.6 Å². The van der Waals surface area contributed by atoms with Crippen molar-refractivity contribution in [3.05, 3.63) is 46.2 Å². The maximum absolute atomic E-state index is 9.50. The maximum atomic E-state index is 9.50.